The lowest BCUT2D eigenvalue weighted by Gasteiger charge is -2.53. The van der Waals surface area contributed by atoms with Gasteiger partial charge < -0.3 is 15.5 Å². The van der Waals surface area contributed by atoms with E-state index in [2.05, 4.69) is 5.32 Å². The lowest BCUT2D eigenvalue weighted by atomic mass is 9.51. The van der Waals surface area contributed by atoms with E-state index in [1.54, 1.807) is 36.4 Å². The molecule has 0 heterocycles. The summed E-state index contributed by atoms with van der Waals surface area (Å²) in [4.78, 5) is 25.9. The van der Waals surface area contributed by atoms with E-state index < -0.39 is 35.2 Å². The third-order valence-corrected chi connectivity index (χ3v) is 6.47. The van der Waals surface area contributed by atoms with Gasteiger partial charge in [-0.1, -0.05) is 66.2 Å². The van der Waals surface area contributed by atoms with Gasteiger partial charge in [-0.2, -0.15) is 0 Å². The highest BCUT2D eigenvalue weighted by molar-refractivity contribution is 5.98. The number of carbonyl (C=O) groups excluding carboxylic acids is 1. The molecule has 0 radical (unpaired) electrons. The summed E-state index contributed by atoms with van der Waals surface area (Å²) in [5.41, 5.74) is 2.64. The first-order valence-electron chi connectivity index (χ1n) is 9.94. The van der Waals surface area contributed by atoms with Gasteiger partial charge in [-0.05, 0) is 41.3 Å². The predicted octanol–water partition coefficient (Wildman–Crippen LogP) is 3.65. The van der Waals surface area contributed by atoms with Gasteiger partial charge in [-0.25, -0.2) is 0 Å². The SMILES string of the molecule is Cc1ccc(NC(=O)C2C3c4ccccc4C(O)(c4ccccc43)C2C(=O)O)cc1. The third-order valence-electron chi connectivity index (χ3n) is 6.47. The number of carboxylic acids is 1. The van der Waals surface area contributed by atoms with Crippen molar-refractivity contribution >= 4 is 17.6 Å². The summed E-state index contributed by atoms with van der Waals surface area (Å²) in [6.45, 7) is 1.95. The fourth-order valence-corrected chi connectivity index (χ4v) is 5.22. The minimum Gasteiger partial charge on any atom is -0.481 e. The van der Waals surface area contributed by atoms with Crippen LogP contribution in [0.5, 0.6) is 0 Å². The van der Waals surface area contributed by atoms with Crippen LogP contribution in [0.4, 0.5) is 5.69 Å². The molecular formula is C25H21NO4. The van der Waals surface area contributed by atoms with Gasteiger partial charge in [0, 0.05) is 11.6 Å². The first-order chi connectivity index (χ1) is 14.4. The Morgan fingerprint density at radius 1 is 0.867 bits per heavy atom. The minimum atomic E-state index is -1.77. The van der Waals surface area contributed by atoms with Crippen LogP contribution in [0, 0.1) is 18.8 Å². The van der Waals surface area contributed by atoms with Crippen LogP contribution in [0.25, 0.3) is 0 Å². The Morgan fingerprint density at radius 2 is 1.40 bits per heavy atom. The van der Waals surface area contributed by atoms with E-state index in [9.17, 15) is 19.8 Å². The van der Waals surface area contributed by atoms with Crippen LogP contribution < -0.4 is 5.32 Å². The second-order valence-electron chi connectivity index (χ2n) is 8.12. The molecule has 3 aromatic carbocycles. The summed E-state index contributed by atoms with van der Waals surface area (Å²) in [5, 5.41) is 24.9. The number of anilines is 1. The van der Waals surface area contributed by atoms with Gasteiger partial charge in [-0.3, -0.25) is 9.59 Å². The van der Waals surface area contributed by atoms with E-state index in [0.717, 1.165) is 16.7 Å². The molecule has 0 fully saturated rings. The van der Waals surface area contributed by atoms with E-state index >= 15 is 0 Å². The molecule has 3 aliphatic rings. The van der Waals surface area contributed by atoms with Crippen molar-refractivity contribution < 1.29 is 19.8 Å². The lowest BCUT2D eigenvalue weighted by Crippen LogP contribution is -2.58. The number of aryl methyl sites for hydroxylation is 1. The molecule has 0 aliphatic heterocycles. The number of hydrogen-bond donors (Lipinski definition) is 3. The number of nitrogens with one attached hydrogen (secondary N) is 1. The topological polar surface area (TPSA) is 86.6 Å². The van der Waals surface area contributed by atoms with Crippen LogP contribution in [0.15, 0.2) is 72.8 Å². The Morgan fingerprint density at radius 3 is 1.93 bits per heavy atom. The maximum Gasteiger partial charge on any atom is 0.311 e. The van der Waals surface area contributed by atoms with E-state index in [1.807, 2.05) is 43.3 Å². The maximum atomic E-state index is 13.4. The molecule has 3 N–H and O–H groups in total. The molecule has 3 aliphatic carbocycles. The summed E-state index contributed by atoms with van der Waals surface area (Å²) in [6.07, 6.45) is 0. The highest BCUT2D eigenvalue weighted by Crippen LogP contribution is 2.60. The zero-order valence-corrected chi connectivity index (χ0v) is 16.4. The Kier molecular flexibility index (Phi) is 4.05. The molecule has 2 bridgehead atoms. The largest absolute Gasteiger partial charge is 0.481 e. The summed E-state index contributed by atoms with van der Waals surface area (Å²) in [6, 6.07) is 21.9. The molecule has 0 saturated carbocycles. The average molecular weight is 399 g/mol. The number of rotatable bonds is 3. The number of carboxylic acid groups (broad SMARTS) is 1. The molecule has 0 spiro atoms. The molecule has 5 nitrogen and oxygen atoms in total. The van der Waals surface area contributed by atoms with Crippen molar-refractivity contribution in [3.8, 4) is 0 Å². The van der Waals surface area contributed by atoms with Gasteiger partial charge in [-0.15, -0.1) is 0 Å². The van der Waals surface area contributed by atoms with E-state index in [0.29, 0.717) is 16.8 Å². The Labute approximate surface area is 174 Å². The molecule has 5 heteroatoms. The number of hydrogen-bond acceptors (Lipinski definition) is 3. The predicted molar refractivity (Wildman–Crippen MR) is 112 cm³/mol. The summed E-state index contributed by atoms with van der Waals surface area (Å²) in [5.74, 6) is -4.27. The Balaban J connectivity index is 1.69. The lowest BCUT2D eigenvalue weighted by molar-refractivity contribution is -0.161. The van der Waals surface area contributed by atoms with Crippen molar-refractivity contribution in [2.45, 2.75) is 18.4 Å². The molecule has 0 aromatic heterocycles. The number of benzene rings is 3. The van der Waals surface area contributed by atoms with Gasteiger partial charge in [0.1, 0.15) is 11.5 Å². The highest BCUT2D eigenvalue weighted by Gasteiger charge is 2.63. The van der Waals surface area contributed by atoms with Crippen molar-refractivity contribution in [2.75, 3.05) is 5.32 Å². The van der Waals surface area contributed by atoms with Crippen molar-refractivity contribution in [1.82, 2.24) is 0 Å². The molecular weight excluding hydrogens is 378 g/mol. The molecule has 2 atom stereocenters. The summed E-state index contributed by atoms with van der Waals surface area (Å²) >= 11 is 0. The van der Waals surface area contributed by atoms with E-state index in [1.165, 1.54) is 0 Å². The molecule has 3 aromatic rings. The van der Waals surface area contributed by atoms with Crippen LogP contribution in [0.2, 0.25) is 0 Å². The van der Waals surface area contributed by atoms with Gasteiger partial charge in [0.05, 0.1) is 5.92 Å². The highest BCUT2D eigenvalue weighted by atomic mass is 16.4. The van der Waals surface area contributed by atoms with Crippen molar-refractivity contribution in [1.29, 1.82) is 0 Å². The van der Waals surface area contributed by atoms with Gasteiger partial charge in [0.2, 0.25) is 5.91 Å². The molecule has 150 valence electrons. The second-order valence-corrected chi connectivity index (χ2v) is 8.12. The standard InChI is InChI=1S/C25H21NO4/c1-14-10-12-15(13-11-14)26-23(27)21-20-16-6-2-4-8-18(16)25(30,22(21)24(28)29)19-9-5-3-7-17(19)20/h2-13,20-22,30H,1H3,(H,26,27)(H,28,29). The number of carbonyl (C=O) groups is 2. The van der Waals surface area contributed by atoms with Crippen LogP contribution in [-0.2, 0) is 15.2 Å². The first-order valence-corrected chi connectivity index (χ1v) is 9.94. The van der Waals surface area contributed by atoms with Crippen molar-refractivity contribution in [3.05, 3.63) is 101 Å². The first kappa shape index (κ1) is 18.6. The van der Waals surface area contributed by atoms with Gasteiger partial charge >= 0.3 is 5.97 Å². The average Bonchev–Trinajstić information content (AvgIpc) is 2.75. The van der Waals surface area contributed by atoms with Crippen LogP contribution in [-0.4, -0.2) is 22.1 Å². The fourth-order valence-electron chi connectivity index (χ4n) is 5.22. The maximum absolute atomic E-state index is 13.4. The molecule has 2 unspecified atom stereocenters. The van der Waals surface area contributed by atoms with E-state index in [-0.39, 0.29) is 0 Å². The number of amides is 1. The van der Waals surface area contributed by atoms with E-state index in [4.69, 9.17) is 0 Å². The molecule has 0 saturated heterocycles. The summed E-state index contributed by atoms with van der Waals surface area (Å²) < 4.78 is 0. The zero-order chi connectivity index (χ0) is 21.0. The van der Waals surface area contributed by atoms with Gasteiger partial charge in [0.15, 0.2) is 0 Å². The minimum absolute atomic E-state index is 0.404. The number of aliphatic hydroxyl groups is 1. The van der Waals surface area contributed by atoms with Crippen LogP contribution >= 0.6 is 0 Å². The quantitative estimate of drug-likeness (QED) is 0.628. The zero-order valence-electron chi connectivity index (χ0n) is 16.4. The Hall–Kier alpha value is -3.44. The molecule has 1 amide bonds. The normalized spacial score (nSPS) is 25.9. The van der Waals surface area contributed by atoms with Crippen LogP contribution in [0.3, 0.4) is 0 Å². The Bertz CT molecular complexity index is 1120. The van der Waals surface area contributed by atoms with Crippen molar-refractivity contribution in [3.63, 3.8) is 0 Å². The number of aliphatic carboxylic acids is 1. The van der Waals surface area contributed by atoms with Crippen molar-refractivity contribution in [2.24, 2.45) is 11.8 Å². The van der Waals surface area contributed by atoms with Gasteiger partial charge in [0.25, 0.3) is 0 Å². The smallest absolute Gasteiger partial charge is 0.311 e. The number of fused-ring (bicyclic) bond motifs is 1. The third kappa shape index (κ3) is 2.45. The molecule has 6 rings (SSSR count). The molecule has 30 heavy (non-hydrogen) atoms. The monoisotopic (exact) mass is 399 g/mol. The summed E-state index contributed by atoms with van der Waals surface area (Å²) in [7, 11) is 0. The van der Waals surface area contributed by atoms with Crippen LogP contribution in [0.1, 0.15) is 33.7 Å². The second kappa shape index (κ2) is 6.54. The fraction of sp³-hybridized carbons (Fsp3) is 0.200.